The summed E-state index contributed by atoms with van der Waals surface area (Å²) >= 11 is 0. The highest BCUT2D eigenvalue weighted by Crippen LogP contribution is 2.36. The molecule has 2 N–H and O–H groups in total. The number of carbonyl (C=O) groups excluding carboxylic acids is 2. The zero-order valence-electron chi connectivity index (χ0n) is 23.3. The van der Waals surface area contributed by atoms with E-state index in [1.165, 1.54) is 18.2 Å². The van der Waals surface area contributed by atoms with Crippen LogP contribution in [0.5, 0.6) is 11.5 Å². The van der Waals surface area contributed by atoms with Gasteiger partial charge in [0, 0.05) is 11.1 Å². The average molecular weight is 545 g/mol. The Morgan fingerprint density at radius 1 is 0.775 bits per heavy atom. The van der Waals surface area contributed by atoms with Gasteiger partial charge in [-0.05, 0) is 111 Å². The molecule has 212 valence electrons. The Balaban J connectivity index is 1.79. The van der Waals surface area contributed by atoms with E-state index in [1.807, 2.05) is 19.1 Å². The predicted octanol–water partition coefficient (Wildman–Crippen LogP) is 6.59. The van der Waals surface area contributed by atoms with E-state index in [-0.39, 0.29) is 5.56 Å². The van der Waals surface area contributed by atoms with Crippen LogP contribution < -0.4 is 9.47 Å². The third-order valence-corrected chi connectivity index (χ3v) is 6.85. The second-order valence-corrected chi connectivity index (χ2v) is 9.96. The lowest BCUT2D eigenvalue weighted by molar-refractivity contribution is 0.0536. The molecule has 2 aromatic carbocycles. The lowest BCUT2D eigenvalue weighted by Gasteiger charge is -2.34. The van der Waals surface area contributed by atoms with Crippen molar-refractivity contribution in [2.75, 3.05) is 13.2 Å². The quantitative estimate of drug-likeness (QED) is 0.133. The number of allylic oxidation sites excluding steroid dienone is 2. The van der Waals surface area contributed by atoms with E-state index < -0.39 is 22.8 Å². The molecule has 0 spiro atoms. The van der Waals surface area contributed by atoms with Crippen LogP contribution in [0, 0.1) is 0 Å². The first-order chi connectivity index (χ1) is 19.3. The van der Waals surface area contributed by atoms with E-state index in [1.54, 1.807) is 48.5 Å². The molecule has 3 rings (SSSR count). The fraction of sp³-hybridized carbons (Fsp3) is 0.353. The molecular formula is C34H40O6. The number of hydrogen-bond donors (Lipinski definition) is 2. The highest BCUT2D eigenvalue weighted by atomic mass is 16.5. The van der Waals surface area contributed by atoms with Crippen molar-refractivity contribution in [1.82, 2.24) is 0 Å². The summed E-state index contributed by atoms with van der Waals surface area (Å²) in [5, 5.41) is 23.0. The second kappa shape index (κ2) is 14.6. The van der Waals surface area contributed by atoms with Crippen LogP contribution in [0.4, 0.5) is 0 Å². The maximum atomic E-state index is 13.5. The lowest BCUT2D eigenvalue weighted by atomic mass is 9.74. The number of hydrogen-bond acceptors (Lipinski definition) is 6. The molecule has 2 aromatic rings. The summed E-state index contributed by atoms with van der Waals surface area (Å²) in [6.45, 7) is 10.4. The van der Waals surface area contributed by atoms with E-state index in [9.17, 15) is 19.8 Å². The van der Waals surface area contributed by atoms with Crippen molar-refractivity contribution in [3.05, 3.63) is 109 Å². The van der Waals surface area contributed by atoms with Gasteiger partial charge in [-0.2, -0.15) is 0 Å². The van der Waals surface area contributed by atoms with Crippen molar-refractivity contribution >= 4 is 11.6 Å². The number of carbonyl (C=O) groups is 2. The summed E-state index contributed by atoms with van der Waals surface area (Å²) < 4.78 is 11.4. The van der Waals surface area contributed by atoms with E-state index in [4.69, 9.17) is 9.47 Å². The molecule has 0 saturated carbocycles. The molecule has 6 heteroatoms. The Hall–Kier alpha value is -3.74. The molecule has 0 amide bonds. The SMILES string of the molecule is C=CCCCOc1ccc(C(=O)C2(O)C=CC(O)(C(=O)c3ccc(OCCCC=C)cc3)C(CCCC)=C2)cc1. The van der Waals surface area contributed by atoms with Gasteiger partial charge < -0.3 is 19.7 Å². The Kier molecular flexibility index (Phi) is 11.2. The molecule has 1 aliphatic rings. The first kappa shape index (κ1) is 30.8. The van der Waals surface area contributed by atoms with Crippen molar-refractivity contribution in [3.8, 4) is 11.5 Å². The van der Waals surface area contributed by atoms with E-state index >= 15 is 0 Å². The number of benzene rings is 2. The minimum Gasteiger partial charge on any atom is -0.494 e. The number of Topliss-reactive ketones (excluding diaryl/α,β-unsaturated/α-hetero) is 2. The Morgan fingerprint density at radius 3 is 1.75 bits per heavy atom. The van der Waals surface area contributed by atoms with Crippen molar-refractivity contribution in [2.45, 2.75) is 63.1 Å². The van der Waals surface area contributed by atoms with Crippen LogP contribution in [0.1, 0.15) is 72.6 Å². The van der Waals surface area contributed by atoms with Crippen LogP contribution in [0.15, 0.2) is 97.6 Å². The first-order valence-corrected chi connectivity index (χ1v) is 13.9. The van der Waals surface area contributed by atoms with Crippen molar-refractivity contribution in [3.63, 3.8) is 0 Å². The molecule has 6 nitrogen and oxygen atoms in total. The molecule has 0 radical (unpaired) electrons. The highest BCUT2D eigenvalue weighted by Gasteiger charge is 2.45. The van der Waals surface area contributed by atoms with Gasteiger partial charge >= 0.3 is 0 Å². The minimum absolute atomic E-state index is 0.289. The molecule has 0 aromatic heterocycles. The van der Waals surface area contributed by atoms with Crippen LogP contribution in [0.25, 0.3) is 0 Å². The molecule has 1 aliphatic carbocycles. The Labute approximate surface area is 237 Å². The van der Waals surface area contributed by atoms with Crippen LogP contribution in [0.2, 0.25) is 0 Å². The fourth-order valence-electron chi connectivity index (χ4n) is 4.46. The van der Waals surface area contributed by atoms with Crippen LogP contribution in [-0.2, 0) is 0 Å². The van der Waals surface area contributed by atoms with Gasteiger partial charge in [0.15, 0.2) is 11.2 Å². The largest absolute Gasteiger partial charge is 0.494 e. The molecule has 2 atom stereocenters. The summed E-state index contributed by atoms with van der Waals surface area (Å²) in [4.78, 5) is 26.9. The third kappa shape index (κ3) is 7.68. The topological polar surface area (TPSA) is 93.1 Å². The molecular weight excluding hydrogens is 504 g/mol. The average Bonchev–Trinajstić information content (AvgIpc) is 2.98. The zero-order chi connectivity index (χ0) is 29.0. The van der Waals surface area contributed by atoms with Gasteiger partial charge in [-0.1, -0.05) is 25.5 Å². The van der Waals surface area contributed by atoms with Gasteiger partial charge in [-0.3, -0.25) is 9.59 Å². The van der Waals surface area contributed by atoms with Crippen LogP contribution in [-0.4, -0.2) is 46.2 Å². The number of ether oxygens (including phenoxy) is 2. The zero-order valence-corrected chi connectivity index (χ0v) is 23.3. The van der Waals surface area contributed by atoms with Gasteiger partial charge in [-0.15, -0.1) is 13.2 Å². The molecule has 2 unspecified atom stereocenters. The van der Waals surface area contributed by atoms with E-state index in [0.717, 1.165) is 32.1 Å². The molecule has 0 saturated heterocycles. The van der Waals surface area contributed by atoms with Crippen LogP contribution in [0.3, 0.4) is 0 Å². The fourth-order valence-corrected chi connectivity index (χ4v) is 4.46. The third-order valence-electron chi connectivity index (χ3n) is 6.85. The van der Waals surface area contributed by atoms with Gasteiger partial charge in [0.2, 0.25) is 11.6 Å². The molecule has 40 heavy (non-hydrogen) atoms. The maximum Gasteiger partial charge on any atom is 0.202 e. The summed E-state index contributed by atoms with van der Waals surface area (Å²) in [7, 11) is 0. The standard InChI is InChI=1S/C34H40O6/c1-4-7-10-23-39-29-17-13-26(14-18-29)31(35)33(37)21-22-34(38,28(25-33)12-9-6-3)32(36)27-15-19-30(20-16-27)40-24-11-8-5-2/h4-5,13-22,25,37-38H,1-2,6-12,23-24H2,3H3. The summed E-state index contributed by atoms with van der Waals surface area (Å²) in [6, 6.07) is 13.2. The number of aliphatic hydroxyl groups is 2. The summed E-state index contributed by atoms with van der Waals surface area (Å²) in [5.41, 5.74) is -3.09. The Morgan fingerprint density at radius 2 is 1.27 bits per heavy atom. The van der Waals surface area contributed by atoms with Gasteiger partial charge in [-0.25, -0.2) is 0 Å². The number of ketones is 2. The van der Waals surface area contributed by atoms with E-state index in [0.29, 0.717) is 48.7 Å². The molecule has 0 bridgehead atoms. The van der Waals surface area contributed by atoms with Crippen molar-refractivity contribution in [1.29, 1.82) is 0 Å². The molecule has 0 fully saturated rings. The lowest BCUT2D eigenvalue weighted by Crippen LogP contribution is -2.46. The highest BCUT2D eigenvalue weighted by molar-refractivity contribution is 6.09. The maximum absolute atomic E-state index is 13.5. The monoisotopic (exact) mass is 544 g/mol. The van der Waals surface area contributed by atoms with Crippen molar-refractivity contribution < 1.29 is 29.3 Å². The van der Waals surface area contributed by atoms with Crippen LogP contribution >= 0.6 is 0 Å². The number of rotatable bonds is 17. The summed E-state index contributed by atoms with van der Waals surface area (Å²) in [6.07, 6.45) is 12.7. The predicted molar refractivity (Wildman–Crippen MR) is 158 cm³/mol. The summed E-state index contributed by atoms with van der Waals surface area (Å²) in [5.74, 6) is 0.168. The smallest absolute Gasteiger partial charge is 0.202 e. The second-order valence-electron chi connectivity index (χ2n) is 9.96. The number of unbranched alkanes of at least 4 members (excludes halogenated alkanes) is 3. The normalized spacial score (nSPS) is 19.9. The van der Waals surface area contributed by atoms with E-state index in [2.05, 4.69) is 13.2 Å². The first-order valence-electron chi connectivity index (χ1n) is 13.9. The molecule has 0 aliphatic heterocycles. The van der Waals surface area contributed by atoms with Gasteiger partial charge in [0.1, 0.15) is 11.5 Å². The van der Waals surface area contributed by atoms with Gasteiger partial charge in [0.05, 0.1) is 13.2 Å². The molecule has 0 heterocycles. The van der Waals surface area contributed by atoms with Gasteiger partial charge in [0.25, 0.3) is 0 Å². The Bertz CT molecular complexity index is 1220. The minimum atomic E-state index is -1.99. The van der Waals surface area contributed by atoms with Crippen molar-refractivity contribution in [2.24, 2.45) is 0 Å².